The lowest BCUT2D eigenvalue weighted by Crippen LogP contribution is -2.33. The third kappa shape index (κ3) is 4.66. The Balaban J connectivity index is 2.62. The lowest BCUT2D eigenvalue weighted by molar-refractivity contribution is 0.0940. The molecule has 1 aromatic carbocycles. The Morgan fingerprint density at radius 3 is 2.78 bits per heavy atom. The Labute approximate surface area is 114 Å². The zero-order valence-corrected chi connectivity index (χ0v) is 12.0. The van der Waals surface area contributed by atoms with Gasteiger partial charge in [0.2, 0.25) is 0 Å². The minimum absolute atomic E-state index is 0.0449. The zero-order chi connectivity index (χ0) is 13.7. The van der Waals surface area contributed by atoms with Crippen molar-refractivity contribution in [2.45, 2.75) is 19.4 Å². The number of hydrogen-bond acceptors (Lipinski definition) is 3. The van der Waals surface area contributed by atoms with Crippen LogP contribution in [0.15, 0.2) is 18.2 Å². The predicted molar refractivity (Wildman–Crippen MR) is 76.3 cm³/mol. The van der Waals surface area contributed by atoms with Crippen molar-refractivity contribution in [1.29, 1.82) is 0 Å². The van der Waals surface area contributed by atoms with Crippen molar-refractivity contribution in [2.75, 3.05) is 17.7 Å². The van der Waals surface area contributed by atoms with E-state index in [9.17, 15) is 9.00 Å². The molecule has 4 nitrogen and oxygen atoms in total. The fourth-order valence-electron chi connectivity index (χ4n) is 1.46. The van der Waals surface area contributed by atoms with Crippen molar-refractivity contribution in [3.63, 3.8) is 0 Å². The number of anilines is 1. The summed E-state index contributed by atoms with van der Waals surface area (Å²) in [7, 11) is -0.846. The molecule has 0 saturated heterocycles. The maximum absolute atomic E-state index is 11.9. The van der Waals surface area contributed by atoms with Crippen molar-refractivity contribution >= 4 is 34.0 Å². The van der Waals surface area contributed by atoms with Crippen LogP contribution in [0.25, 0.3) is 0 Å². The Morgan fingerprint density at radius 2 is 2.22 bits per heavy atom. The molecular formula is C12H17ClN2O2S. The highest BCUT2D eigenvalue weighted by Gasteiger charge is 2.13. The van der Waals surface area contributed by atoms with Gasteiger partial charge in [-0.25, -0.2) is 0 Å². The lowest BCUT2D eigenvalue weighted by atomic mass is 10.1. The summed E-state index contributed by atoms with van der Waals surface area (Å²) in [5, 5.41) is 3.31. The van der Waals surface area contributed by atoms with E-state index in [1.54, 1.807) is 24.5 Å². The molecule has 0 aliphatic carbocycles. The molecule has 0 aromatic heterocycles. The van der Waals surface area contributed by atoms with E-state index in [0.717, 1.165) is 0 Å². The van der Waals surface area contributed by atoms with Crippen LogP contribution in [0.5, 0.6) is 0 Å². The first kappa shape index (κ1) is 15.0. The van der Waals surface area contributed by atoms with Gasteiger partial charge in [-0.05, 0) is 31.5 Å². The summed E-state index contributed by atoms with van der Waals surface area (Å²) in [6, 6.07) is 4.72. The van der Waals surface area contributed by atoms with Gasteiger partial charge in [-0.3, -0.25) is 9.00 Å². The number of benzene rings is 1. The van der Waals surface area contributed by atoms with Crippen LogP contribution in [0.4, 0.5) is 5.69 Å². The molecule has 18 heavy (non-hydrogen) atoms. The third-order valence-corrected chi connectivity index (χ3v) is 3.52. The average Bonchev–Trinajstić information content (AvgIpc) is 2.26. The van der Waals surface area contributed by atoms with Gasteiger partial charge in [-0.1, -0.05) is 11.6 Å². The monoisotopic (exact) mass is 288 g/mol. The topological polar surface area (TPSA) is 72.2 Å². The molecule has 3 N–H and O–H groups in total. The Kier molecular flexibility index (Phi) is 5.62. The van der Waals surface area contributed by atoms with E-state index in [0.29, 0.717) is 28.4 Å². The van der Waals surface area contributed by atoms with E-state index in [1.165, 1.54) is 0 Å². The zero-order valence-electron chi connectivity index (χ0n) is 10.4. The molecule has 0 radical (unpaired) electrons. The van der Waals surface area contributed by atoms with Crippen LogP contribution in [0, 0.1) is 0 Å². The summed E-state index contributed by atoms with van der Waals surface area (Å²) >= 11 is 5.77. The largest absolute Gasteiger partial charge is 0.398 e. The number of halogens is 1. The van der Waals surface area contributed by atoms with E-state index in [-0.39, 0.29) is 11.9 Å². The second kappa shape index (κ2) is 6.75. The molecule has 1 rings (SSSR count). The van der Waals surface area contributed by atoms with Crippen molar-refractivity contribution in [3.8, 4) is 0 Å². The highest BCUT2D eigenvalue weighted by molar-refractivity contribution is 7.84. The molecule has 0 heterocycles. The Hall–Kier alpha value is -1.07. The fourth-order valence-corrected chi connectivity index (χ4v) is 2.32. The van der Waals surface area contributed by atoms with Gasteiger partial charge in [-0.2, -0.15) is 0 Å². The summed E-state index contributed by atoms with van der Waals surface area (Å²) in [4.78, 5) is 11.9. The third-order valence-electron chi connectivity index (χ3n) is 2.47. The van der Waals surface area contributed by atoms with E-state index >= 15 is 0 Å². The van der Waals surface area contributed by atoms with Gasteiger partial charge < -0.3 is 11.1 Å². The van der Waals surface area contributed by atoms with Gasteiger partial charge >= 0.3 is 0 Å². The minimum Gasteiger partial charge on any atom is -0.398 e. The SMILES string of the molecule is CC(CCS(C)=O)NC(=O)c1ccc(Cl)cc1N. The van der Waals surface area contributed by atoms with Crippen LogP contribution in [0.3, 0.4) is 0 Å². The van der Waals surface area contributed by atoms with Gasteiger partial charge in [0.25, 0.3) is 5.91 Å². The highest BCUT2D eigenvalue weighted by atomic mass is 35.5. The number of carbonyl (C=O) groups is 1. The number of nitrogens with one attached hydrogen (secondary N) is 1. The van der Waals surface area contributed by atoms with E-state index in [1.807, 2.05) is 6.92 Å². The summed E-state index contributed by atoms with van der Waals surface area (Å²) in [6.45, 7) is 1.87. The van der Waals surface area contributed by atoms with Gasteiger partial charge in [0.05, 0.1) is 5.56 Å². The van der Waals surface area contributed by atoms with Crippen LogP contribution in [0.1, 0.15) is 23.7 Å². The molecule has 0 aliphatic heterocycles. The quantitative estimate of drug-likeness (QED) is 0.812. The van der Waals surface area contributed by atoms with Crippen molar-refractivity contribution in [2.24, 2.45) is 0 Å². The Bertz CT molecular complexity index is 465. The van der Waals surface area contributed by atoms with Gasteiger partial charge in [0, 0.05) is 39.6 Å². The molecule has 0 aliphatic rings. The van der Waals surface area contributed by atoms with Crippen molar-refractivity contribution in [3.05, 3.63) is 28.8 Å². The van der Waals surface area contributed by atoms with Gasteiger partial charge in [0.1, 0.15) is 0 Å². The van der Waals surface area contributed by atoms with Gasteiger partial charge in [-0.15, -0.1) is 0 Å². The minimum atomic E-state index is -0.846. The molecule has 2 unspecified atom stereocenters. The first-order valence-corrected chi connectivity index (χ1v) is 7.66. The smallest absolute Gasteiger partial charge is 0.253 e. The van der Waals surface area contributed by atoms with Crippen LogP contribution >= 0.6 is 11.6 Å². The number of hydrogen-bond donors (Lipinski definition) is 2. The maximum Gasteiger partial charge on any atom is 0.253 e. The molecule has 0 spiro atoms. The number of nitrogen functional groups attached to an aromatic ring is 1. The molecule has 0 saturated carbocycles. The molecule has 6 heteroatoms. The van der Waals surface area contributed by atoms with Gasteiger partial charge in [0.15, 0.2) is 0 Å². The normalized spacial score (nSPS) is 13.9. The molecule has 2 atom stereocenters. The summed E-state index contributed by atoms with van der Waals surface area (Å²) in [5.74, 6) is 0.330. The Morgan fingerprint density at radius 1 is 1.56 bits per heavy atom. The molecular weight excluding hydrogens is 272 g/mol. The van der Waals surface area contributed by atoms with E-state index in [4.69, 9.17) is 17.3 Å². The first-order valence-electron chi connectivity index (χ1n) is 5.56. The summed E-state index contributed by atoms with van der Waals surface area (Å²) in [6.07, 6.45) is 2.31. The number of amides is 1. The predicted octanol–water partition coefficient (Wildman–Crippen LogP) is 1.81. The van der Waals surface area contributed by atoms with Crippen LogP contribution in [-0.4, -0.2) is 28.2 Å². The molecule has 100 valence electrons. The fraction of sp³-hybridized carbons (Fsp3) is 0.417. The van der Waals surface area contributed by atoms with Crippen LogP contribution in [0.2, 0.25) is 5.02 Å². The second-order valence-corrected chi connectivity index (χ2v) is 6.16. The maximum atomic E-state index is 11.9. The number of nitrogens with two attached hydrogens (primary N) is 1. The molecule has 1 aromatic rings. The average molecular weight is 289 g/mol. The van der Waals surface area contributed by atoms with E-state index in [2.05, 4.69) is 5.32 Å². The molecule has 0 fully saturated rings. The number of rotatable bonds is 5. The van der Waals surface area contributed by atoms with Crippen LogP contribution < -0.4 is 11.1 Å². The molecule has 1 amide bonds. The summed E-state index contributed by atoms with van der Waals surface area (Å²) < 4.78 is 11.0. The second-order valence-electron chi connectivity index (χ2n) is 4.17. The van der Waals surface area contributed by atoms with Crippen molar-refractivity contribution in [1.82, 2.24) is 5.32 Å². The lowest BCUT2D eigenvalue weighted by Gasteiger charge is -2.14. The summed E-state index contributed by atoms with van der Waals surface area (Å²) in [5.41, 5.74) is 6.49. The van der Waals surface area contributed by atoms with E-state index < -0.39 is 10.8 Å². The highest BCUT2D eigenvalue weighted by Crippen LogP contribution is 2.18. The standard InChI is InChI=1S/C12H17ClN2O2S/c1-8(5-6-18(2)17)15-12(16)10-4-3-9(13)7-11(10)14/h3-4,7-8H,5-6,14H2,1-2H3,(H,15,16). The first-order chi connectivity index (χ1) is 8.40. The van der Waals surface area contributed by atoms with Crippen molar-refractivity contribution < 1.29 is 9.00 Å². The molecule has 0 bridgehead atoms. The number of carbonyl (C=O) groups excluding carboxylic acids is 1. The van der Waals surface area contributed by atoms with Crippen LogP contribution in [-0.2, 0) is 10.8 Å².